The van der Waals surface area contributed by atoms with E-state index in [4.69, 9.17) is 9.40 Å². The second-order valence-electron chi connectivity index (χ2n) is 13.3. The van der Waals surface area contributed by atoms with Crippen molar-refractivity contribution in [1.29, 1.82) is 0 Å². The Balaban J connectivity index is 0.000000182. The Morgan fingerprint density at radius 3 is 2.41 bits per heavy atom. The van der Waals surface area contributed by atoms with Crippen molar-refractivity contribution in [3.05, 3.63) is 108 Å². The fourth-order valence-electron chi connectivity index (χ4n) is 5.97. The summed E-state index contributed by atoms with van der Waals surface area (Å²) >= 11 is 0. The molecule has 0 atom stereocenters. The minimum atomic E-state index is -1.34. The van der Waals surface area contributed by atoms with Crippen LogP contribution in [0.2, 0.25) is 19.6 Å². The molecule has 3 aromatic carbocycles. The van der Waals surface area contributed by atoms with Gasteiger partial charge >= 0.3 is 0 Å². The fraction of sp³-hybridized carbons (Fsp3) is 0.256. The summed E-state index contributed by atoms with van der Waals surface area (Å²) in [5.41, 5.74) is 10.0. The molecule has 0 spiro atoms. The zero-order valence-corrected chi connectivity index (χ0v) is 31.2. The van der Waals surface area contributed by atoms with Crippen molar-refractivity contribution in [2.45, 2.75) is 53.8 Å². The molecule has 4 aromatic heterocycles. The molecule has 5 nitrogen and oxygen atoms in total. The number of pyridine rings is 2. The van der Waals surface area contributed by atoms with E-state index >= 15 is 0 Å². The third-order valence-corrected chi connectivity index (χ3v) is 10.2. The van der Waals surface area contributed by atoms with Crippen LogP contribution in [0.25, 0.3) is 55.7 Å². The molecular weight excluding hydrogens is 761 g/mol. The summed E-state index contributed by atoms with van der Waals surface area (Å²) in [6.45, 7) is 15.8. The zero-order chi connectivity index (χ0) is 31.9. The van der Waals surface area contributed by atoms with E-state index < -0.39 is 8.07 Å². The molecule has 0 unspecified atom stereocenters. The molecular formula is C39H40IrN4OSi-2. The van der Waals surface area contributed by atoms with Gasteiger partial charge in [0.05, 0.1) is 25.0 Å². The van der Waals surface area contributed by atoms with Gasteiger partial charge in [-0.05, 0) is 48.3 Å². The molecule has 0 saturated heterocycles. The number of furan rings is 1. The molecule has 0 bridgehead atoms. The number of nitrogens with zero attached hydrogens (tertiary/aromatic N) is 4. The number of para-hydroxylation sites is 1. The zero-order valence-electron chi connectivity index (χ0n) is 27.8. The van der Waals surface area contributed by atoms with Gasteiger partial charge in [0.2, 0.25) is 0 Å². The Morgan fingerprint density at radius 1 is 0.935 bits per heavy atom. The van der Waals surface area contributed by atoms with E-state index in [9.17, 15) is 0 Å². The minimum absolute atomic E-state index is 0. The topological polar surface area (TPSA) is 56.7 Å². The molecule has 0 saturated carbocycles. The molecule has 7 aromatic rings. The summed E-state index contributed by atoms with van der Waals surface area (Å²) < 4.78 is 8.24. The smallest absolute Gasteiger partial charge is 0.168 e. The monoisotopic (exact) mass is 801 g/mol. The van der Waals surface area contributed by atoms with Gasteiger partial charge in [0, 0.05) is 44.4 Å². The quantitative estimate of drug-likeness (QED) is 0.129. The normalized spacial score (nSPS) is 11.6. The van der Waals surface area contributed by atoms with E-state index in [0.717, 1.165) is 73.4 Å². The number of fused-ring (bicyclic) bond motifs is 4. The molecule has 46 heavy (non-hydrogen) atoms. The minimum Gasteiger partial charge on any atom is -0.501 e. The van der Waals surface area contributed by atoms with Crippen molar-refractivity contribution in [2.24, 2.45) is 13.0 Å². The maximum Gasteiger partial charge on any atom is 0.168 e. The number of aryl methyl sites for hydroxylation is 3. The fourth-order valence-corrected chi connectivity index (χ4v) is 7.56. The SMILES string of the molecule is CC(C)Cc1cc(-c2[c-]cccc2)ncc1[Si](C)(C)C.Cc1ccc2c(n1)nc(-c1[c-]cc(C)c3c1oc1ccccc13)n2C.[Ir]. The van der Waals surface area contributed by atoms with E-state index in [0.29, 0.717) is 5.92 Å². The van der Waals surface area contributed by atoms with Crippen molar-refractivity contribution < 1.29 is 24.5 Å². The van der Waals surface area contributed by atoms with Gasteiger partial charge in [-0.2, -0.15) is 0 Å². The molecule has 0 N–H and O–H groups in total. The Kier molecular flexibility index (Phi) is 9.78. The predicted molar refractivity (Wildman–Crippen MR) is 190 cm³/mol. The maximum absolute atomic E-state index is 6.19. The number of benzene rings is 3. The Morgan fingerprint density at radius 2 is 1.70 bits per heavy atom. The molecule has 0 amide bonds. The predicted octanol–water partition coefficient (Wildman–Crippen LogP) is 9.24. The molecule has 0 aliphatic carbocycles. The number of imidazole rings is 1. The number of rotatable bonds is 5. The first-order valence-corrected chi connectivity index (χ1v) is 19.1. The summed E-state index contributed by atoms with van der Waals surface area (Å²) in [5.74, 6) is 1.48. The number of hydrogen-bond donors (Lipinski definition) is 0. The average Bonchev–Trinajstić information content (AvgIpc) is 3.55. The second kappa shape index (κ2) is 13.4. The first-order chi connectivity index (χ1) is 21.5. The molecule has 0 aliphatic heterocycles. The van der Waals surface area contributed by atoms with Gasteiger partial charge in [-0.1, -0.05) is 81.2 Å². The first-order valence-electron chi connectivity index (χ1n) is 15.6. The van der Waals surface area contributed by atoms with Crippen molar-refractivity contribution in [1.82, 2.24) is 19.5 Å². The van der Waals surface area contributed by atoms with Gasteiger partial charge < -0.3 is 14.0 Å². The molecule has 7 rings (SSSR count). The van der Waals surface area contributed by atoms with Gasteiger partial charge in [-0.15, -0.1) is 53.6 Å². The van der Waals surface area contributed by atoms with E-state index in [-0.39, 0.29) is 20.1 Å². The summed E-state index contributed by atoms with van der Waals surface area (Å²) in [7, 11) is 0.663. The van der Waals surface area contributed by atoms with Crippen molar-refractivity contribution in [3.63, 3.8) is 0 Å². The molecule has 7 heteroatoms. The van der Waals surface area contributed by atoms with Gasteiger partial charge in [0.25, 0.3) is 0 Å². The van der Waals surface area contributed by atoms with Crippen LogP contribution in [-0.2, 0) is 33.6 Å². The van der Waals surface area contributed by atoms with Crippen molar-refractivity contribution in [3.8, 4) is 22.6 Å². The summed E-state index contributed by atoms with van der Waals surface area (Å²) in [6.07, 6.45) is 3.24. The van der Waals surface area contributed by atoms with Gasteiger partial charge in [-0.25, -0.2) is 4.98 Å². The third kappa shape index (κ3) is 6.64. The largest absolute Gasteiger partial charge is 0.501 e. The third-order valence-electron chi connectivity index (χ3n) is 8.17. The Bertz CT molecular complexity index is 2140. The summed E-state index contributed by atoms with van der Waals surface area (Å²) in [4.78, 5) is 14.0. The van der Waals surface area contributed by atoms with Crippen molar-refractivity contribution in [2.75, 3.05) is 0 Å². The first kappa shape index (κ1) is 33.5. The van der Waals surface area contributed by atoms with Gasteiger partial charge in [0.1, 0.15) is 5.58 Å². The maximum atomic E-state index is 6.19. The van der Waals surface area contributed by atoms with E-state index in [2.05, 4.69) is 97.5 Å². The standard InChI is InChI=1S/C21H16N3O.C18H24NSi.Ir/c1-12-8-10-15(19-18(12)14-6-4-5-7-17(14)25-19)21-23-20-16(24(21)3)11-9-13(2)22-20;1-14(2)11-16-12-17(15-9-7-6-8-10-15)19-13-18(16)20(3,4)5;/h4-9,11H,1-3H3;6-9,12-14H,11H2,1-5H3;/q2*-1;. The van der Waals surface area contributed by atoms with E-state index in [1.54, 1.807) is 0 Å². The van der Waals surface area contributed by atoms with Crippen LogP contribution in [0.3, 0.4) is 0 Å². The van der Waals surface area contributed by atoms with Gasteiger partial charge in [-0.3, -0.25) is 4.98 Å². The van der Waals surface area contributed by atoms with Crippen LogP contribution in [0.5, 0.6) is 0 Å². The summed E-state index contributed by atoms with van der Waals surface area (Å²) in [6, 6.07) is 31.2. The molecule has 4 heterocycles. The van der Waals surface area contributed by atoms with Gasteiger partial charge in [0.15, 0.2) is 5.65 Å². The van der Waals surface area contributed by atoms with Crippen LogP contribution in [0, 0.1) is 31.9 Å². The second-order valence-corrected chi connectivity index (χ2v) is 18.3. The van der Waals surface area contributed by atoms with Crippen LogP contribution < -0.4 is 5.19 Å². The van der Waals surface area contributed by atoms with Crippen LogP contribution >= 0.6 is 0 Å². The molecule has 0 aliphatic rings. The van der Waals surface area contributed by atoms with E-state index in [1.807, 2.05) is 62.5 Å². The number of aromatic nitrogens is 4. The van der Waals surface area contributed by atoms with E-state index in [1.165, 1.54) is 10.8 Å². The van der Waals surface area contributed by atoms with Crippen LogP contribution in [0.4, 0.5) is 0 Å². The Labute approximate surface area is 286 Å². The van der Waals surface area contributed by atoms with Crippen molar-refractivity contribution >= 4 is 46.4 Å². The number of hydrogen-bond acceptors (Lipinski definition) is 4. The van der Waals surface area contributed by atoms with Crippen LogP contribution in [0.15, 0.2) is 83.4 Å². The molecule has 0 fully saturated rings. The van der Waals surface area contributed by atoms with Crippen LogP contribution in [-0.4, -0.2) is 27.6 Å². The Hall–Kier alpha value is -3.90. The average molecular weight is 801 g/mol. The van der Waals surface area contributed by atoms with Crippen LogP contribution in [0.1, 0.15) is 30.7 Å². The molecule has 1 radical (unpaired) electrons. The summed E-state index contributed by atoms with van der Waals surface area (Å²) in [5, 5.41) is 3.74. The molecule has 237 valence electrons.